The summed E-state index contributed by atoms with van der Waals surface area (Å²) in [6.07, 6.45) is 0.923. The zero-order chi connectivity index (χ0) is 13.3. The number of H-pyrrole nitrogens is 1. The van der Waals surface area contributed by atoms with Gasteiger partial charge < -0.3 is 0 Å². The Kier molecular flexibility index (Phi) is 3.65. The van der Waals surface area contributed by atoms with Crippen molar-refractivity contribution < 1.29 is 0 Å². The summed E-state index contributed by atoms with van der Waals surface area (Å²) in [7, 11) is 0. The summed E-state index contributed by atoms with van der Waals surface area (Å²) in [4.78, 5) is 0. The number of hydrogen-bond acceptors (Lipinski definition) is 3. The SMILES string of the molecule is CCc1cc(-c2n[nH]c(=S)n2C(C)C)n(CC)n1. The highest BCUT2D eigenvalue weighted by Crippen LogP contribution is 2.22. The summed E-state index contributed by atoms with van der Waals surface area (Å²) in [6.45, 7) is 9.21. The van der Waals surface area contributed by atoms with E-state index in [9.17, 15) is 0 Å². The van der Waals surface area contributed by atoms with Crippen LogP contribution >= 0.6 is 12.2 Å². The molecule has 0 unspecified atom stereocenters. The third-order valence-corrected chi connectivity index (χ3v) is 3.23. The Morgan fingerprint density at radius 2 is 2.11 bits per heavy atom. The first-order valence-corrected chi connectivity index (χ1v) is 6.73. The van der Waals surface area contributed by atoms with Crippen LogP contribution in [-0.2, 0) is 13.0 Å². The molecule has 0 amide bonds. The normalized spacial score (nSPS) is 11.4. The second-order valence-corrected chi connectivity index (χ2v) is 4.89. The van der Waals surface area contributed by atoms with Gasteiger partial charge in [-0.25, -0.2) is 0 Å². The zero-order valence-electron chi connectivity index (χ0n) is 11.3. The van der Waals surface area contributed by atoms with E-state index in [0.29, 0.717) is 4.77 Å². The number of aromatic nitrogens is 5. The number of aryl methyl sites for hydroxylation is 2. The van der Waals surface area contributed by atoms with E-state index in [4.69, 9.17) is 12.2 Å². The smallest absolute Gasteiger partial charge is 0.195 e. The van der Waals surface area contributed by atoms with Gasteiger partial charge >= 0.3 is 0 Å². The first-order valence-electron chi connectivity index (χ1n) is 6.32. The molecule has 2 rings (SSSR count). The molecule has 5 nitrogen and oxygen atoms in total. The van der Waals surface area contributed by atoms with Crippen molar-refractivity contribution in [2.45, 2.75) is 46.7 Å². The monoisotopic (exact) mass is 265 g/mol. The van der Waals surface area contributed by atoms with Crippen molar-refractivity contribution >= 4 is 12.2 Å². The highest BCUT2D eigenvalue weighted by atomic mass is 32.1. The molecular weight excluding hydrogens is 246 g/mol. The van der Waals surface area contributed by atoms with Crippen LogP contribution in [0.3, 0.4) is 0 Å². The average Bonchev–Trinajstić information content (AvgIpc) is 2.91. The molecule has 0 saturated carbocycles. The third kappa shape index (κ3) is 2.12. The summed E-state index contributed by atoms with van der Waals surface area (Å²) in [6, 6.07) is 2.37. The van der Waals surface area contributed by atoms with Gasteiger partial charge in [-0.1, -0.05) is 6.92 Å². The summed E-state index contributed by atoms with van der Waals surface area (Å²) < 4.78 is 4.66. The lowest BCUT2D eigenvalue weighted by molar-refractivity contribution is 0.587. The Morgan fingerprint density at radius 1 is 1.39 bits per heavy atom. The molecular formula is C12H19N5S. The van der Waals surface area contributed by atoms with Gasteiger partial charge in [0.1, 0.15) is 5.69 Å². The minimum absolute atomic E-state index is 0.275. The van der Waals surface area contributed by atoms with Crippen LogP contribution in [0.2, 0.25) is 0 Å². The van der Waals surface area contributed by atoms with Crippen LogP contribution in [0.4, 0.5) is 0 Å². The average molecular weight is 265 g/mol. The topological polar surface area (TPSA) is 51.4 Å². The molecule has 2 aromatic heterocycles. The molecule has 0 saturated heterocycles. The fourth-order valence-corrected chi connectivity index (χ4v) is 2.37. The molecule has 0 radical (unpaired) electrons. The standard InChI is InChI=1S/C12H19N5S/c1-5-9-7-10(16(6-2)15-9)11-13-14-12(18)17(11)8(3)4/h7-8H,5-6H2,1-4H3,(H,14,18). The molecule has 0 aliphatic carbocycles. The molecule has 0 aliphatic heterocycles. The maximum Gasteiger partial charge on any atom is 0.195 e. The molecule has 0 aromatic carbocycles. The van der Waals surface area contributed by atoms with E-state index in [-0.39, 0.29) is 6.04 Å². The van der Waals surface area contributed by atoms with Gasteiger partial charge in [-0.15, -0.1) is 0 Å². The predicted molar refractivity (Wildman–Crippen MR) is 74.1 cm³/mol. The molecule has 6 heteroatoms. The van der Waals surface area contributed by atoms with Gasteiger partial charge in [0.2, 0.25) is 0 Å². The molecule has 98 valence electrons. The van der Waals surface area contributed by atoms with Crippen LogP contribution in [0.5, 0.6) is 0 Å². The minimum Gasteiger partial charge on any atom is -0.296 e. The summed E-state index contributed by atoms with van der Waals surface area (Å²) in [5, 5.41) is 11.8. The Labute approximate surface area is 112 Å². The third-order valence-electron chi connectivity index (χ3n) is 2.94. The highest BCUT2D eigenvalue weighted by Gasteiger charge is 2.16. The van der Waals surface area contributed by atoms with Gasteiger partial charge in [0, 0.05) is 12.6 Å². The first-order chi connectivity index (χ1) is 8.58. The number of hydrogen-bond donors (Lipinski definition) is 1. The van der Waals surface area contributed by atoms with Gasteiger partial charge in [-0.2, -0.15) is 10.2 Å². The summed E-state index contributed by atoms with van der Waals surface area (Å²) >= 11 is 5.28. The van der Waals surface area contributed by atoms with E-state index in [1.807, 2.05) is 9.25 Å². The van der Waals surface area contributed by atoms with Crippen LogP contribution in [0.25, 0.3) is 11.5 Å². The zero-order valence-corrected chi connectivity index (χ0v) is 12.1. The first kappa shape index (κ1) is 13.0. The predicted octanol–water partition coefficient (Wildman–Crippen LogP) is 2.97. The Balaban J connectivity index is 2.61. The molecule has 1 N–H and O–H groups in total. The largest absolute Gasteiger partial charge is 0.296 e. The number of aromatic amines is 1. The van der Waals surface area contributed by atoms with Crippen molar-refractivity contribution in [2.24, 2.45) is 0 Å². The van der Waals surface area contributed by atoms with Crippen molar-refractivity contribution in [1.29, 1.82) is 0 Å². The fourth-order valence-electron chi connectivity index (χ4n) is 2.03. The van der Waals surface area contributed by atoms with E-state index in [1.54, 1.807) is 0 Å². The molecule has 0 fully saturated rings. The van der Waals surface area contributed by atoms with E-state index < -0.39 is 0 Å². The lowest BCUT2D eigenvalue weighted by atomic mass is 10.3. The number of rotatable bonds is 4. The number of nitrogens with zero attached hydrogens (tertiary/aromatic N) is 4. The van der Waals surface area contributed by atoms with Crippen molar-refractivity contribution in [3.05, 3.63) is 16.5 Å². The molecule has 0 aliphatic rings. The minimum atomic E-state index is 0.275. The van der Waals surface area contributed by atoms with E-state index in [1.165, 1.54) is 0 Å². The van der Waals surface area contributed by atoms with E-state index in [2.05, 4.69) is 49.1 Å². The van der Waals surface area contributed by atoms with Gasteiger partial charge in [-0.3, -0.25) is 14.3 Å². The Hall–Kier alpha value is -1.43. The molecule has 0 spiro atoms. The second-order valence-electron chi connectivity index (χ2n) is 4.51. The quantitative estimate of drug-likeness (QED) is 0.865. The fraction of sp³-hybridized carbons (Fsp3) is 0.583. The van der Waals surface area contributed by atoms with Crippen molar-refractivity contribution in [3.8, 4) is 11.5 Å². The molecule has 2 aromatic rings. The van der Waals surface area contributed by atoms with Crippen LogP contribution < -0.4 is 0 Å². The van der Waals surface area contributed by atoms with E-state index >= 15 is 0 Å². The lowest BCUT2D eigenvalue weighted by Gasteiger charge is -2.10. The molecule has 2 heterocycles. The van der Waals surface area contributed by atoms with Crippen molar-refractivity contribution in [3.63, 3.8) is 0 Å². The molecule has 0 atom stereocenters. The maximum atomic E-state index is 5.28. The summed E-state index contributed by atoms with van der Waals surface area (Å²) in [5.41, 5.74) is 2.10. The second kappa shape index (κ2) is 5.06. The Morgan fingerprint density at radius 3 is 2.67 bits per heavy atom. The Bertz CT molecular complexity index is 590. The maximum absolute atomic E-state index is 5.28. The van der Waals surface area contributed by atoms with Crippen LogP contribution in [0.15, 0.2) is 6.07 Å². The van der Waals surface area contributed by atoms with Gasteiger partial charge in [0.05, 0.1) is 5.69 Å². The van der Waals surface area contributed by atoms with Crippen LogP contribution in [0, 0.1) is 4.77 Å². The highest BCUT2D eigenvalue weighted by molar-refractivity contribution is 7.71. The van der Waals surface area contributed by atoms with Crippen molar-refractivity contribution in [1.82, 2.24) is 24.5 Å². The summed E-state index contributed by atoms with van der Waals surface area (Å²) in [5.74, 6) is 0.865. The van der Waals surface area contributed by atoms with Crippen molar-refractivity contribution in [2.75, 3.05) is 0 Å². The van der Waals surface area contributed by atoms with Crippen LogP contribution in [0.1, 0.15) is 39.4 Å². The number of nitrogens with one attached hydrogen (secondary N) is 1. The van der Waals surface area contributed by atoms with Gasteiger partial charge in [-0.05, 0) is 45.5 Å². The molecule has 18 heavy (non-hydrogen) atoms. The van der Waals surface area contributed by atoms with E-state index in [0.717, 1.165) is 30.2 Å². The van der Waals surface area contributed by atoms with Gasteiger partial charge in [0.15, 0.2) is 10.6 Å². The van der Waals surface area contributed by atoms with Crippen LogP contribution in [-0.4, -0.2) is 24.5 Å². The van der Waals surface area contributed by atoms with Gasteiger partial charge in [0.25, 0.3) is 0 Å². The lowest BCUT2D eigenvalue weighted by Crippen LogP contribution is -2.07. The molecule has 0 bridgehead atoms.